The summed E-state index contributed by atoms with van der Waals surface area (Å²) in [6.45, 7) is 2.24. The number of benzene rings is 1. The minimum atomic E-state index is -0.928. The quantitative estimate of drug-likeness (QED) is 0.930. The molecule has 2 atom stereocenters. The van der Waals surface area contributed by atoms with Crippen LogP contribution in [0.1, 0.15) is 24.3 Å². The summed E-state index contributed by atoms with van der Waals surface area (Å²) in [7, 11) is 0. The molecule has 0 amide bonds. The van der Waals surface area contributed by atoms with E-state index < -0.39 is 29.4 Å². The predicted molar refractivity (Wildman–Crippen MR) is 75.6 cm³/mol. The lowest BCUT2D eigenvalue weighted by Gasteiger charge is -2.31. The van der Waals surface area contributed by atoms with Gasteiger partial charge in [0.1, 0.15) is 11.6 Å². The summed E-state index contributed by atoms with van der Waals surface area (Å²) in [5.74, 6) is -3.34. The Morgan fingerprint density at radius 2 is 1.95 bits per heavy atom. The van der Waals surface area contributed by atoms with Gasteiger partial charge in [-0.05, 0) is 24.5 Å². The summed E-state index contributed by atoms with van der Waals surface area (Å²) in [6, 6.07) is 3.67. The molecule has 4 nitrogen and oxygen atoms in total. The van der Waals surface area contributed by atoms with E-state index in [0.29, 0.717) is 31.9 Å². The highest BCUT2D eigenvalue weighted by Crippen LogP contribution is 2.36. The van der Waals surface area contributed by atoms with Gasteiger partial charge < -0.3 is 9.84 Å². The van der Waals surface area contributed by atoms with Crippen LogP contribution in [0.2, 0.25) is 0 Å². The Bertz CT molecular complexity index is 560. The Morgan fingerprint density at radius 1 is 1.23 bits per heavy atom. The number of hydrogen-bond acceptors (Lipinski definition) is 3. The van der Waals surface area contributed by atoms with Crippen LogP contribution in [-0.2, 0) is 9.53 Å². The molecule has 2 heterocycles. The normalized spacial score (nSPS) is 27.2. The van der Waals surface area contributed by atoms with E-state index in [0.717, 1.165) is 18.9 Å². The number of nitrogens with zero attached hydrogens (tertiary/aromatic N) is 1. The summed E-state index contributed by atoms with van der Waals surface area (Å²) < 4.78 is 32.4. The first kappa shape index (κ1) is 15.4. The molecule has 1 aromatic rings. The Kier molecular flexibility index (Phi) is 4.40. The molecule has 6 heteroatoms. The summed E-state index contributed by atoms with van der Waals surface area (Å²) in [6.07, 6.45) is 1.73. The molecular weight excluding hydrogens is 292 g/mol. The highest BCUT2D eigenvalue weighted by molar-refractivity contribution is 5.72. The summed E-state index contributed by atoms with van der Waals surface area (Å²) in [5.41, 5.74) is 0.295. The second kappa shape index (κ2) is 6.30. The van der Waals surface area contributed by atoms with Gasteiger partial charge in [0.05, 0.1) is 5.92 Å². The van der Waals surface area contributed by atoms with Gasteiger partial charge in [-0.15, -0.1) is 0 Å². The fourth-order valence-corrected chi connectivity index (χ4v) is 3.55. The van der Waals surface area contributed by atoms with E-state index >= 15 is 0 Å². The molecule has 2 fully saturated rings. The van der Waals surface area contributed by atoms with E-state index in [1.54, 1.807) is 0 Å². The molecule has 120 valence electrons. The number of hydrogen-bond donors (Lipinski definition) is 1. The third-order valence-corrected chi connectivity index (χ3v) is 4.73. The molecule has 0 aliphatic carbocycles. The molecule has 2 aliphatic heterocycles. The van der Waals surface area contributed by atoms with Gasteiger partial charge in [0.25, 0.3) is 0 Å². The van der Waals surface area contributed by atoms with Crippen molar-refractivity contribution in [2.45, 2.75) is 24.8 Å². The monoisotopic (exact) mass is 311 g/mol. The van der Waals surface area contributed by atoms with Crippen LogP contribution >= 0.6 is 0 Å². The van der Waals surface area contributed by atoms with Gasteiger partial charge in [0, 0.05) is 44.3 Å². The summed E-state index contributed by atoms with van der Waals surface area (Å²) >= 11 is 0. The molecular formula is C16H19F2NO3. The minimum Gasteiger partial charge on any atom is -0.481 e. The van der Waals surface area contributed by atoms with Crippen molar-refractivity contribution in [3.8, 4) is 0 Å². The Labute approximate surface area is 127 Å². The summed E-state index contributed by atoms with van der Waals surface area (Å²) in [4.78, 5) is 13.7. The molecule has 3 rings (SSSR count). The van der Waals surface area contributed by atoms with Crippen LogP contribution in [0.25, 0.3) is 0 Å². The lowest BCUT2D eigenvalue weighted by atomic mass is 9.88. The molecule has 0 saturated carbocycles. The van der Waals surface area contributed by atoms with Crippen LogP contribution in [-0.4, -0.2) is 48.3 Å². The van der Waals surface area contributed by atoms with Gasteiger partial charge in [0.2, 0.25) is 0 Å². The van der Waals surface area contributed by atoms with Crippen LogP contribution in [0.15, 0.2) is 18.2 Å². The van der Waals surface area contributed by atoms with Gasteiger partial charge >= 0.3 is 5.97 Å². The Hall–Kier alpha value is -1.53. The lowest BCUT2D eigenvalue weighted by Crippen LogP contribution is -2.38. The predicted octanol–water partition coefficient (Wildman–Crippen LogP) is 2.24. The standard InChI is InChI=1S/C16H19F2NO3/c17-10-1-2-12(15(18)7-10)13-8-19(9-14(13)16(20)21)11-3-5-22-6-4-11/h1-2,7,11,13-14H,3-6,8-9H2,(H,20,21)/t13-,14?/m0/s1. The van der Waals surface area contributed by atoms with Crippen LogP contribution in [0.4, 0.5) is 8.78 Å². The number of carbonyl (C=O) groups is 1. The molecule has 1 unspecified atom stereocenters. The maximum Gasteiger partial charge on any atom is 0.308 e. The average molecular weight is 311 g/mol. The third-order valence-electron chi connectivity index (χ3n) is 4.73. The molecule has 1 N–H and O–H groups in total. The first-order valence-electron chi connectivity index (χ1n) is 7.56. The van der Waals surface area contributed by atoms with Crippen molar-refractivity contribution in [2.24, 2.45) is 5.92 Å². The van der Waals surface area contributed by atoms with Crippen LogP contribution < -0.4 is 0 Å². The van der Waals surface area contributed by atoms with Crippen LogP contribution in [0.3, 0.4) is 0 Å². The third kappa shape index (κ3) is 2.98. The molecule has 22 heavy (non-hydrogen) atoms. The van der Waals surface area contributed by atoms with Gasteiger partial charge in [-0.3, -0.25) is 9.69 Å². The topological polar surface area (TPSA) is 49.8 Å². The van der Waals surface area contributed by atoms with Gasteiger partial charge in [-0.25, -0.2) is 8.78 Å². The average Bonchev–Trinajstić information content (AvgIpc) is 2.93. The van der Waals surface area contributed by atoms with Crippen LogP contribution in [0.5, 0.6) is 0 Å². The van der Waals surface area contributed by atoms with E-state index in [-0.39, 0.29) is 6.04 Å². The van der Waals surface area contributed by atoms with Crippen molar-refractivity contribution >= 4 is 5.97 Å². The smallest absolute Gasteiger partial charge is 0.308 e. The zero-order valence-corrected chi connectivity index (χ0v) is 12.2. The summed E-state index contributed by atoms with van der Waals surface area (Å²) in [5, 5.41) is 9.46. The fraction of sp³-hybridized carbons (Fsp3) is 0.562. The number of ether oxygens (including phenoxy) is 1. The van der Waals surface area contributed by atoms with E-state index in [4.69, 9.17) is 4.74 Å². The maximum absolute atomic E-state index is 14.0. The highest BCUT2D eigenvalue weighted by atomic mass is 19.1. The molecule has 2 saturated heterocycles. The number of rotatable bonds is 3. The van der Waals surface area contributed by atoms with E-state index in [1.807, 2.05) is 0 Å². The number of carboxylic acids is 1. The fourth-order valence-electron chi connectivity index (χ4n) is 3.55. The Balaban J connectivity index is 1.83. The Morgan fingerprint density at radius 3 is 2.59 bits per heavy atom. The molecule has 2 aliphatic rings. The minimum absolute atomic E-state index is 0.282. The van der Waals surface area contributed by atoms with Gasteiger partial charge in [-0.2, -0.15) is 0 Å². The second-order valence-electron chi connectivity index (χ2n) is 6.01. The second-order valence-corrected chi connectivity index (χ2v) is 6.01. The lowest BCUT2D eigenvalue weighted by molar-refractivity contribution is -0.141. The van der Waals surface area contributed by atoms with Crippen LogP contribution in [0, 0.1) is 17.6 Å². The molecule has 1 aromatic carbocycles. The van der Waals surface area contributed by atoms with Crippen molar-refractivity contribution in [1.82, 2.24) is 4.90 Å². The van der Waals surface area contributed by atoms with Gasteiger partial charge in [0.15, 0.2) is 0 Å². The largest absolute Gasteiger partial charge is 0.481 e. The van der Waals surface area contributed by atoms with Crippen molar-refractivity contribution in [3.05, 3.63) is 35.4 Å². The van der Waals surface area contributed by atoms with Crippen molar-refractivity contribution < 1.29 is 23.4 Å². The van der Waals surface area contributed by atoms with Gasteiger partial charge in [-0.1, -0.05) is 6.07 Å². The van der Waals surface area contributed by atoms with E-state index in [9.17, 15) is 18.7 Å². The number of carboxylic acid groups (broad SMARTS) is 1. The highest BCUT2D eigenvalue weighted by Gasteiger charge is 2.42. The molecule has 0 aromatic heterocycles. The van der Waals surface area contributed by atoms with E-state index in [2.05, 4.69) is 4.90 Å². The molecule has 0 radical (unpaired) electrons. The van der Waals surface area contributed by atoms with Crippen molar-refractivity contribution in [1.29, 1.82) is 0 Å². The maximum atomic E-state index is 14.0. The first-order chi connectivity index (χ1) is 10.6. The number of halogens is 2. The zero-order valence-electron chi connectivity index (χ0n) is 12.2. The zero-order chi connectivity index (χ0) is 15.7. The first-order valence-corrected chi connectivity index (χ1v) is 7.56. The number of likely N-dealkylation sites (tertiary alicyclic amines) is 1. The van der Waals surface area contributed by atoms with Crippen molar-refractivity contribution in [2.75, 3.05) is 26.3 Å². The SMILES string of the molecule is O=C(O)C1CN(C2CCOCC2)C[C@H]1c1ccc(F)cc1F. The number of aliphatic carboxylic acids is 1. The molecule has 0 spiro atoms. The van der Waals surface area contributed by atoms with Crippen molar-refractivity contribution in [3.63, 3.8) is 0 Å². The van der Waals surface area contributed by atoms with E-state index in [1.165, 1.54) is 12.1 Å². The molecule has 0 bridgehead atoms.